The number of nitrogens with zero attached hydrogens (tertiary/aromatic N) is 2. The molecule has 1 saturated heterocycles. The van der Waals surface area contributed by atoms with Crippen LogP contribution in [0.1, 0.15) is 5.56 Å². The van der Waals surface area contributed by atoms with Gasteiger partial charge < -0.3 is 9.47 Å². The molecular weight excluding hydrogens is 328 g/mol. The van der Waals surface area contributed by atoms with Gasteiger partial charge >= 0.3 is 0 Å². The van der Waals surface area contributed by atoms with Crippen molar-refractivity contribution in [3.05, 3.63) is 22.7 Å². The standard InChI is InChI=1S/C14H21ClN2O4S/c1-20-12-5-4-11(13(15)14(12)21-2)10-16-6-8-17(9-7-16)22(3,18)19/h4-5H,6-10H2,1-3H3. The van der Waals surface area contributed by atoms with Crippen LogP contribution in [0.2, 0.25) is 5.02 Å². The SMILES string of the molecule is COc1ccc(CN2CCN(S(C)(=O)=O)CC2)c(Cl)c1OC. The molecule has 0 atom stereocenters. The second-order valence-electron chi connectivity index (χ2n) is 5.21. The number of rotatable bonds is 5. The minimum absolute atomic E-state index is 0.504. The molecule has 1 aromatic carbocycles. The van der Waals surface area contributed by atoms with Gasteiger partial charge in [-0.05, 0) is 11.6 Å². The molecule has 0 N–H and O–H groups in total. The fourth-order valence-electron chi connectivity index (χ4n) is 2.51. The van der Waals surface area contributed by atoms with Gasteiger partial charge in [0.1, 0.15) is 0 Å². The number of piperazine rings is 1. The molecule has 124 valence electrons. The van der Waals surface area contributed by atoms with Crippen LogP contribution in [0.25, 0.3) is 0 Å². The smallest absolute Gasteiger partial charge is 0.211 e. The molecule has 1 fully saturated rings. The Morgan fingerprint density at radius 3 is 2.27 bits per heavy atom. The van der Waals surface area contributed by atoms with Crippen molar-refractivity contribution in [3.8, 4) is 11.5 Å². The fraction of sp³-hybridized carbons (Fsp3) is 0.571. The van der Waals surface area contributed by atoms with E-state index in [1.54, 1.807) is 14.2 Å². The zero-order valence-electron chi connectivity index (χ0n) is 13.0. The monoisotopic (exact) mass is 348 g/mol. The topological polar surface area (TPSA) is 59.1 Å². The van der Waals surface area contributed by atoms with Crippen molar-refractivity contribution in [1.29, 1.82) is 0 Å². The minimum Gasteiger partial charge on any atom is -0.493 e. The molecule has 1 heterocycles. The third-order valence-electron chi connectivity index (χ3n) is 3.76. The predicted molar refractivity (Wildman–Crippen MR) is 86.2 cm³/mol. The third-order valence-corrected chi connectivity index (χ3v) is 5.48. The summed E-state index contributed by atoms with van der Waals surface area (Å²) < 4.78 is 35.0. The van der Waals surface area contributed by atoms with E-state index in [-0.39, 0.29) is 0 Å². The summed E-state index contributed by atoms with van der Waals surface area (Å²) >= 11 is 6.38. The summed E-state index contributed by atoms with van der Waals surface area (Å²) in [4.78, 5) is 2.18. The van der Waals surface area contributed by atoms with E-state index >= 15 is 0 Å². The van der Waals surface area contributed by atoms with Crippen LogP contribution < -0.4 is 9.47 Å². The lowest BCUT2D eigenvalue weighted by Gasteiger charge is -2.33. The Balaban J connectivity index is 2.07. The second-order valence-corrected chi connectivity index (χ2v) is 7.57. The average Bonchev–Trinajstić information content (AvgIpc) is 2.48. The molecule has 1 aliphatic heterocycles. The molecule has 1 aromatic rings. The predicted octanol–water partition coefficient (Wildman–Crippen LogP) is 1.43. The van der Waals surface area contributed by atoms with Crippen molar-refractivity contribution >= 4 is 21.6 Å². The molecule has 0 amide bonds. The zero-order valence-corrected chi connectivity index (χ0v) is 14.6. The van der Waals surface area contributed by atoms with Crippen molar-refractivity contribution in [1.82, 2.24) is 9.21 Å². The first-order chi connectivity index (χ1) is 10.4. The van der Waals surface area contributed by atoms with E-state index in [0.29, 0.717) is 49.2 Å². The quantitative estimate of drug-likeness (QED) is 0.805. The number of hydrogen-bond acceptors (Lipinski definition) is 5. The Bertz CT molecular complexity index is 628. The molecule has 0 bridgehead atoms. The van der Waals surface area contributed by atoms with Gasteiger partial charge in [0.05, 0.1) is 25.5 Å². The highest BCUT2D eigenvalue weighted by Gasteiger charge is 2.24. The normalized spacial score (nSPS) is 17.5. The number of hydrogen-bond donors (Lipinski definition) is 0. The lowest BCUT2D eigenvalue weighted by atomic mass is 10.1. The van der Waals surface area contributed by atoms with E-state index in [9.17, 15) is 8.42 Å². The molecule has 6 nitrogen and oxygen atoms in total. The number of halogens is 1. The highest BCUT2D eigenvalue weighted by Crippen LogP contribution is 2.37. The van der Waals surface area contributed by atoms with Crippen LogP contribution in [-0.4, -0.2) is 64.3 Å². The average molecular weight is 349 g/mol. The highest BCUT2D eigenvalue weighted by molar-refractivity contribution is 7.88. The maximum Gasteiger partial charge on any atom is 0.211 e. The Kier molecular flexibility index (Phi) is 5.55. The summed E-state index contributed by atoms with van der Waals surface area (Å²) in [6.45, 7) is 3.01. The summed E-state index contributed by atoms with van der Waals surface area (Å²) in [6, 6.07) is 3.74. The van der Waals surface area contributed by atoms with Gasteiger partial charge in [0.25, 0.3) is 0 Å². The molecule has 0 aromatic heterocycles. The molecule has 0 saturated carbocycles. The first-order valence-electron chi connectivity index (χ1n) is 6.93. The van der Waals surface area contributed by atoms with Crippen LogP contribution in [0, 0.1) is 0 Å². The largest absolute Gasteiger partial charge is 0.493 e. The summed E-state index contributed by atoms with van der Waals surface area (Å²) in [5.74, 6) is 1.12. The maximum absolute atomic E-state index is 11.5. The van der Waals surface area contributed by atoms with Gasteiger partial charge in [0.2, 0.25) is 10.0 Å². The molecule has 2 rings (SSSR count). The number of sulfonamides is 1. The maximum atomic E-state index is 11.5. The molecule has 0 unspecified atom stereocenters. The Labute approximate surface area is 136 Å². The van der Waals surface area contributed by atoms with Gasteiger partial charge in [0.15, 0.2) is 11.5 Å². The van der Waals surface area contributed by atoms with E-state index in [4.69, 9.17) is 21.1 Å². The Morgan fingerprint density at radius 2 is 1.77 bits per heavy atom. The van der Waals surface area contributed by atoms with E-state index in [2.05, 4.69) is 4.90 Å². The van der Waals surface area contributed by atoms with Crippen molar-refractivity contribution in [2.45, 2.75) is 6.54 Å². The molecule has 0 spiro atoms. The molecule has 1 aliphatic rings. The van der Waals surface area contributed by atoms with Crippen molar-refractivity contribution in [2.24, 2.45) is 0 Å². The van der Waals surface area contributed by atoms with Gasteiger partial charge in [-0.25, -0.2) is 8.42 Å². The van der Waals surface area contributed by atoms with E-state index < -0.39 is 10.0 Å². The van der Waals surface area contributed by atoms with Crippen LogP contribution >= 0.6 is 11.6 Å². The van der Waals surface area contributed by atoms with Crippen LogP contribution in [0.5, 0.6) is 11.5 Å². The first-order valence-corrected chi connectivity index (χ1v) is 9.16. The van der Waals surface area contributed by atoms with Gasteiger partial charge in [-0.15, -0.1) is 0 Å². The zero-order chi connectivity index (χ0) is 16.3. The van der Waals surface area contributed by atoms with Gasteiger partial charge in [-0.2, -0.15) is 4.31 Å². The molecule has 0 aliphatic carbocycles. The third kappa shape index (κ3) is 3.84. The summed E-state index contributed by atoms with van der Waals surface area (Å²) in [5.41, 5.74) is 0.937. The Morgan fingerprint density at radius 1 is 1.14 bits per heavy atom. The fourth-order valence-corrected chi connectivity index (χ4v) is 3.63. The van der Waals surface area contributed by atoms with Crippen molar-refractivity contribution in [3.63, 3.8) is 0 Å². The van der Waals surface area contributed by atoms with Crippen LogP contribution in [0.15, 0.2) is 12.1 Å². The lowest BCUT2D eigenvalue weighted by molar-refractivity contribution is 0.182. The second kappa shape index (κ2) is 7.04. The number of ether oxygens (including phenoxy) is 2. The highest BCUT2D eigenvalue weighted by atomic mass is 35.5. The minimum atomic E-state index is -3.11. The summed E-state index contributed by atoms with van der Waals surface area (Å²) in [7, 11) is 0.0158. The van der Waals surface area contributed by atoms with Gasteiger partial charge in [0, 0.05) is 32.7 Å². The van der Waals surface area contributed by atoms with Crippen LogP contribution in [-0.2, 0) is 16.6 Å². The Hall–Kier alpha value is -1.02. The van der Waals surface area contributed by atoms with Crippen LogP contribution in [0.4, 0.5) is 0 Å². The van der Waals surface area contributed by atoms with Gasteiger partial charge in [-0.3, -0.25) is 4.90 Å². The summed E-state index contributed by atoms with van der Waals surface area (Å²) in [6.07, 6.45) is 1.24. The number of benzene rings is 1. The van der Waals surface area contributed by atoms with Crippen LogP contribution in [0.3, 0.4) is 0 Å². The summed E-state index contributed by atoms with van der Waals surface area (Å²) in [5, 5.41) is 0.535. The first kappa shape index (κ1) is 17.3. The number of methoxy groups -OCH3 is 2. The molecule has 0 radical (unpaired) electrons. The molecule has 8 heteroatoms. The van der Waals surface area contributed by atoms with E-state index in [1.165, 1.54) is 10.6 Å². The van der Waals surface area contributed by atoms with E-state index in [1.807, 2.05) is 12.1 Å². The molecule has 22 heavy (non-hydrogen) atoms. The van der Waals surface area contributed by atoms with Crippen molar-refractivity contribution in [2.75, 3.05) is 46.7 Å². The van der Waals surface area contributed by atoms with Gasteiger partial charge in [-0.1, -0.05) is 17.7 Å². The van der Waals surface area contributed by atoms with E-state index in [0.717, 1.165) is 5.56 Å². The molecular formula is C14H21ClN2O4S. The lowest BCUT2D eigenvalue weighted by Crippen LogP contribution is -2.47. The van der Waals surface area contributed by atoms with Crippen molar-refractivity contribution < 1.29 is 17.9 Å².